The molecule has 0 aliphatic carbocycles. The monoisotopic (exact) mass is 300 g/mol. The molecule has 2 amide bonds. The quantitative estimate of drug-likeness (QED) is 0.911. The van der Waals surface area contributed by atoms with E-state index in [0.29, 0.717) is 28.7 Å². The molecule has 1 N–H and O–H groups in total. The first-order valence-electron chi connectivity index (χ1n) is 5.99. The summed E-state index contributed by atoms with van der Waals surface area (Å²) in [5.41, 5.74) is 0.468. The van der Waals surface area contributed by atoms with Crippen LogP contribution in [0, 0.1) is 0 Å². The van der Waals surface area contributed by atoms with Crippen LogP contribution < -0.4 is 5.32 Å². The zero-order valence-corrected chi connectivity index (χ0v) is 12.0. The van der Waals surface area contributed by atoms with Crippen LogP contribution in [-0.2, 0) is 4.79 Å². The number of hydrogen-bond acceptors (Lipinski definition) is 2. The number of amides is 2. The van der Waals surface area contributed by atoms with Crippen molar-refractivity contribution in [2.24, 2.45) is 0 Å². The van der Waals surface area contributed by atoms with E-state index in [-0.39, 0.29) is 17.9 Å². The predicted molar refractivity (Wildman–Crippen MR) is 74.6 cm³/mol. The largest absolute Gasteiger partial charge is 0.347 e. The number of likely N-dealkylation sites (tertiary alicyclic amines) is 1. The van der Waals surface area contributed by atoms with Crippen molar-refractivity contribution in [1.29, 1.82) is 0 Å². The number of rotatable bonds is 2. The number of carbonyl (C=O) groups is 2. The highest BCUT2D eigenvalue weighted by atomic mass is 35.5. The van der Waals surface area contributed by atoms with Crippen molar-refractivity contribution in [3.05, 3.63) is 33.8 Å². The lowest BCUT2D eigenvalue weighted by atomic mass is 10.2. The summed E-state index contributed by atoms with van der Waals surface area (Å²) in [4.78, 5) is 25.0. The third-order valence-electron chi connectivity index (χ3n) is 3.15. The van der Waals surface area contributed by atoms with Crippen molar-refractivity contribution >= 4 is 35.0 Å². The molecule has 4 nitrogen and oxygen atoms in total. The maximum absolute atomic E-state index is 12.0. The summed E-state index contributed by atoms with van der Waals surface area (Å²) in [5, 5.41) is 3.66. The highest BCUT2D eigenvalue weighted by Crippen LogP contribution is 2.22. The fourth-order valence-electron chi connectivity index (χ4n) is 2.07. The minimum atomic E-state index is -0.200. The first kappa shape index (κ1) is 14.2. The molecule has 102 valence electrons. The minimum Gasteiger partial charge on any atom is -0.347 e. The van der Waals surface area contributed by atoms with Crippen molar-refractivity contribution < 1.29 is 9.59 Å². The summed E-state index contributed by atoms with van der Waals surface area (Å²) in [6.07, 6.45) is 0.770. The van der Waals surface area contributed by atoms with E-state index in [9.17, 15) is 9.59 Å². The lowest BCUT2D eigenvalue weighted by Crippen LogP contribution is -2.37. The molecule has 0 bridgehead atoms. The van der Waals surface area contributed by atoms with E-state index >= 15 is 0 Å². The molecule has 1 saturated heterocycles. The molecule has 0 radical (unpaired) electrons. The second-order valence-corrected chi connectivity index (χ2v) is 5.37. The fourth-order valence-corrected chi connectivity index (χ4v) is 2.37. The van der Waals surface area contributed by atoms with Gasteiger partial charge in [0.2, 0.25) is 5.91 Å². The van der Waals surface area contributed by atoms with E-state index in [1.54, 1.807) is 17.0 Å². The van der Waals surface area contributed by atoms with Gasteiger partial charge in [0.05, 0.1) is 10.0 Å². The molecule has 1 aromatic rings. The average Bonchev–Trinajstić information content (AvgIpc) is 2.81. The van der Waals surface area contributed by atoms with Gasteiger partial charge in [-0.15, -0.1) is 0 Å². The van der Waals surface area contributed by atoms with Crippen molar-refractivity contribution in [2.75, 3.05) is 13.1 Å². The van der Waals surface area contributed by atoms with Gasteiger partial charge in [-0.1, -0.05) is 23.2 Å². The molecule has 1 aliphatic rings. The Hall–Kier alpha value is -1.26. The van der Waals surface area contributed by atoms with Crippen LogP contribution in [0.3, 0.4) is 0 Å². The Bertz CT molecular complexity index is 519. The van der Waals surface area contributed by atoms with Crippen LogP contribution >= 0.6 is 23.2 Å². The number of carbonyl (C=O) groups excluding carboxylic acids is 2. The zero-order chi connectivity index (χ0) is 14.0. The van der Waals surface area contributed by atoms with Crippen LogP contribution in [0.25, 0.3) is 0 Å². The number of hydrogen-bond donors (Lipinski definition) is 1. The van der Waals surface area contributed by atoms with Gasteiger partial charge in [-0.2, -0.15) is 0 Å². The van der Waals surface area contributed by atoms with E-state index in [4.69, 9.17) is 23.2 Å². The van der Waals surface area contributed by atoms with Crippen LogP contribution in [0.1, 0.15) is 23.7 Å². The van der Waals surface area contributed by atoms with Gasteiger partial charge in [-0.25, -0.2) is 0 Å². The maximum Gasteiger partial charge on any atom is 0.251 e. The molecule has 19 heavy (non-hydrogen) atoms. The fraction of sp³-hybridized carbons (Fsp3) is 0.385. The molecule has 0 aromatic heterocycles. The van der Waals surface area contributed by atoms with E-state index in [0.717, 1.165) is 6.42 Å². The third-order valence-corrected chi connectivity index (χ3v) is 3.89. The van der Waals surface area contributed by atoms with Gasteiger partial charge in [-0.3, -0.25) is 9.59 Å². The second kappa shape index (κ2) is 5.80. The van der Waals surface area contributed by atoms with Gasteiger partial charge in [0.1, 0.15) is 0 Å². The topological polar surface area (TPSA) is 49.4 Å². The summed E-state index contributed by atoms with van der Waals surface area (Å²) in [6.45, 7) is 2.77. The number of benzene rings is 1. The Kier molecular flexibility index (Phi) is 4.32. The van der Waals surface area contributed by atoms with Crippen molar-refractivity contribution in [1.82, 2.24) is 10.2 Å². The standard InChI is InChI=1S/C13H14Cl2N2O2/c1-8(18)17-5-4-10(7-17)16-13(19)9-2-3-11(14)12(15)6-9/h2-3,6,10H,4-5,7H2,1H3,(H,16,19). The SMILES string of the molecule is CC(=O)N1CCC(NC(=O)c2ccc(Cl)c(Cl)c2)C1. The van der Waals surface area contributed by atoms with Crippen LogP contribution in [-0.4, -0.2) is 35.8 Å². The summed E-state index contributed by atoms with van der Waals surface area (Å²) in [5.74, 6) is -0.166. The van der Waals surface area contributed by atoms with Crippen molar-refractivity contribution in [3.63, 3.8) is 0 Å². The molecule has 0 saturated carbocycles. The highest BCUT2D eigenvalue weighted by Gasteiger charge is 2.25. The van der Waals surface area contributed by atoms with Gasteiger partial charge >= 0.3 is 0 Å². The molecule has 1 aromatic carbocycles. The van der Waals surface area contributed by atoms with E-state index < -0.39 is 0 Å². The summed E-state index contributed by atoms with van der Waals surface area (Å²) < 4.78 is 0. The Balaban J connectivity index is 1.98. The van der Waals surface area contributed by atoms with Gasteiger partial charge < -0.3 is 10.2 Å². The minimum absolute atomic E-state index is 0.00847. The normalized spacial score (nSPS) is 18.5. The molecule has 6 heteroatoms. The van der Waals surface area contributed by atoms with Crippen LogP contribution in [0.2, 0.25) is 10.0 Å². The van der Waals surface area contributed by atoms with Gasteiger partial charge in [0.25, 0.3) is 5.91 Å². The van der Waals surface area contributed by atoms with Gasteiger partial charge in [0, 0.05) is 31.6 Å². The van der Waals surface area contributed by atoms with E-state index in [1.807, 2.05) is 0 Å². The van der Waals surface area contributed by atoms with E-state index in [1.165, 1.54) is 13.0 Å². The Labute approximate surface area is 121 Å². The summed E-state index contributed by atoms with van der Waals surface area (Å²) in [6, 6.07) is 4.75. The molecule has 1 atom stereocenters. The molecule has 2 rings (SSSR count). The second-order valence-electron chi connectivity index (χ2n) is 4.55. The highest BCUT2D eigenvalue weighted by molar-refractivity contribution is 6.42. The molecule has 1 unspecified atom stereocenters. The predicted octanol–water partition coefficient (Wildman–Crippen LogP) is 2.34. The first-order chi connectivity index (χ1) is 8.97. The van der Waals surface area contributed by atoms with E-state index in [2.05, 4.69) is 5.32 Å². The Morgan fingerprint density at radius 2 is 2.05 bits per heavy atom. The number of halogens is 2. The molecule has 0 spiro atoms. The van der Waals surface area contributed by atoms with Crippen LogP contribution in [0.15, 0.2) is 18.2 Å². The Morgan fingerprint density at radius 1 is 1.32 bits per heavy atom. The Morgan fingerprint density at radius 3 is 2.63 bits per heavy atom. The molecule has 1 fully saturated rings. The average molecular weight is 301 g/mol. The van der Waals surface area contributed by atoms with Gasteiger partial charge in [0.15, 0.2) is 0 Å². The molecular weight excluding hydrogens is 287 g/mol. The molecule has 1 aliphatic heterocycles. The lowest BCUT2D eigenvalue weighted by Gasteiger charge is -2.15. The first-order valence-corrected chi connectivity index (χ1v) is 6.74. The maximum atomic E-state index is 12.0. The molecular formula is C13H14Cl2N2O2. The van der Waals surface area contributed by atoms with Crippen molar-refractivity contribution in [2.45, 2.75) is 19.4 Å². The molecule has 1 heterocycles. The smallest absolute Gasteiger partial charge is 0.251 e. The zero-order valence-electron chi connectivity index (χ0n) is 10.5. The number of nitrogens with zero attached hydrogens (tertiary/aromatic N) is 1. The summed E-state index contributed by atoms with van der Waals surface area (Å²) in [7, 11) is 0. The lowest BCUT2D eigenvalue weighted by molar-refractivity contribution is -0.127. The number of nitrogens with one attached hydrogen (secondary N) is 1. The van der Waals surface area contributed by atoms with Crippen LogP contribution in [0.4, 0.5) is 0 Å². The van der Waals surface area contributed by atoms with Gasteiger partial charge in [-0.05, 0) is 24.6 Å². The third kappa shape index (κ3) is 3.39. The summed E-state index contributed by atoms with van der Waals surface area (Å²) >= 11 is 11.7. The van der Waals surface area contributed by atoms with Crippen LogP contribution in [0.5, 0.6) is 0 Å². The van der Waals surface area contributed by atoms with Crippen molar-refractivity contribution in [3.8, 4) is 0 Å².